The fourth-order valence-electron chi connectivity index (χ4n) is 3.04. The highest BCUT2D eigenvalue weighted by Crippen LogP contribution is 2.35. The fourth-order valence-corrected chi connectivity index (χ4v) is 3.04. The summed E-state index contributed by atoms with van der Waals surface area (Å²) >= 11 is 0. The summed E-state index contributed by atoms with van der Waals surface area (Å²) in [4.78, 5) is 0. The predicted molar refractivity (Wildman–Crippen MR) is 101 cm³/mol. The number of hydrogen-bond acceptors (Lipinski definition) is 2. The molecule has 3 aromatic rings. The average molecular weight is 435 g/mol. The van der Waals surface area contributed by atoms with Crippen LogP contribution in [0, 0.1) is 34.6 Å². The lowest BCUT2D eigenvalue weighted by Crippen LogP contribution is -2.22. The largest absolute Gasteiger partial charge is 0.429 e. The second kappa shape index (κ2) is 8.72. The van der Waals surface area contributed by atoms with Crippen LogP contribution in [0.15, 0.2) is 48.5 Å². The van der Waals surface area contributed by atoms with Crippen LogP contribution < -0.4 is 4.74 Å². The molecule has 0 heterocycles. The third kappa shape index (κ3) is 4.50. The van der Waals surface area contributed by atoms with Crippen molar-refractivity contribution in [3.63, 3.8) is 0 Å². The highest BCUT2D eigenvalue weighted by atomic mass is 19.3. The van der Waals surface area contributed by atoms with Gasteiger partial charge >= 0.3 is 6.11 Å². The van der Waals surface area contributed by atoms with Gasteiger partial charge < -0.3 is 4.74 Å². The van der Waals surface area contributed by atoms with Gasteiger partial charge in [-0.2, -0.15) is 14.0 Å². The molecule has 0 atom stereocenters. The zero-order valence-corrected chi connectivity index (χ0v) is 16.2. The lowest BCUT2D eigenvalue weighted by Gasteiger charge is -2.19. The van der Waals surface area contributed by atoms with Gasteiger partial charge in [0.15, 0.2) is 11.6 Å². The molecule has 8 heteroatoms. The van der Waals surface area contributed by atoms with Crippen LogP contribution in [-0.4, -0.2) is 0 Å². The Labute approximate surface area is 174 Å². The third-order valence-electron chi connectivity index (χ3n) is 4.59. The Morgan fingerprint density at radius 3 is 2.06 bits per heavy atom. The van der Waals surface area contributed by atoms with Crippen molar-refractivity contribution >= 4 is 0 Å². The van der Waals surface area contributed by atoms with Crippen molar-refractivity contribution in [1.82, 2.24) is 0 Å². The maximum atomic E-state index is 14.4. The van der Waals surface area contributed by atoms with Crippen LogP contribution in [0.5, 0.6) is 5.75 Å². The quantitative estimate of drug-likeness (QED) is 0.396. The molecule has 0 aliphatic rings. The molecule has 160 valence electrons. The highest BCUT2D eigenvalue weighted by Gasteiger charge is 2.35. The minimum atomic E-state index is -3.99. The van der Waals surface area contributed by atoms with E-state index in [1.165, 1.54) is 18.2 Å². The van der Waals surface area contributed by atoms with Crippen molar-refractivity contribution in [2.24, 2.45) is 0 Å². The molecule has 0 spiro atoms. The summed E-state index contributed by atoms with van der Waals surface area (Å²) in [6.07, 6.45) is -2.99. The van der Waals surface area contributed by atoms with E-state index in [-0.39, 0.29) is 16.7 Å². The minimum absolute atomic E-state index is 0.0932. The van der Waals surface area contributed by atoms with E-state index >= 15 is 0 Å². The molecule has 0 saturated carbocycles. The zero-order valence-electron chi connectivity index (χ0n) is 16.2. The van der Waals surface area contributed by atoms with Gasteiger partial charge in [-0.3, -0.25) is 0 Å². The first-order chi connectivity index (χ1) is 14.7. The first-order valence-electron chi connectivity index (χ1n) is 9.21. The molecule has 0 bridgehead atoms. The van der Waals surface area contributed by atoms with Crippen LogP contribution in [0.1, 0.15) is 30.0 Å². The topological polar surface area (TPSA) is 33.0 Å². The molecular weight excluding hydrogens is 420 g/mol. The molecule has 2 nitrogen and oxygen atoms in total. The number of benzene rings is 3. The van der Waals surface area contributed by atoms with E-state index < -0.39 is 46.3 Å². The van der Waals surface area contributed by atoms with Crippen LogP contribution in [-0.2, 0) is 12.5 Å². The van der Waals surface area contributed by atoms with E-state index in [0.29, 0.717) is 25.0 Å². The highest BCUT2D eigenvalue weighted by molar-refractivity contribution is 5.65. The van der Waals surface area contributed by atoms with Gasteiger partial charge in [0.2, 0.25) is 0 Å². The first kappa shape index (κ1) is 22.2. The molecule has 0 fully saturated rings. The molecule has 31 heavy (non-hydrogen) atoms. The van der Waals surface area contributed by atoms with Gasteiger partial charge in [-0.1, -0.05) is 37.6 Å². The van der Waals surface area contributed by atoms with E-state index in [1.54, 1.807) is 0 Å². The van der Waals surface area contributed by atoms with Gasteiger partial charge in [0.25, 0.3) is 0 Å². The van der Waals surface area contributed by atoms with Gasteiger partial charge in [0, 0.05) is 17.7 Å². The van der Waals surface area contributed by atoms with Crippen molar-refractivity contribution in [2.45, 2.75) is 25.9 Å². The van der Waals surface area contributed by atoms with Crippen molar-refractivity contribution in [1.29, 1.82) is 5.26 Å². The van der Waals surface area contributed by atoms with E-state index in [1.807, 2.05) is 6.92 Å². The number of alkyl halides is 2. The van der Waals surface area contributed by atoms with E-state index in [9.17, 15) is 26.3 Å². The summed E-state index contributed by atoms with van der Waals surface area (Å²) < 4.78 is 89.1. The lowest BCUT2D eigenvalue weighted by molar-refractivity contribution is -0.185. The van der Waals surface area contributed by atoms with Gasteiger partial charge in [-0.15, -0.1) is 0 Å². The predicted octanol–water partition coefficient (Wildman–Crippen LogP) is 6.86. The summed E-state index contributed by atoms with van der Waals surface area (Å²) in [5, 5.41) is 8.63. The van der Waals surface area contributed by atoms with Gasteiger partial charge in [-0.25, -0.2) is 17.6 Å². The lowest BCUT2D eigenvalue weighted by atomic mass is 9.99. The Morgan fingerprint density at radius 1 is 0.903 bits per heavy atom. The SMILES string of the molecule is CCCc1ccc(-c2ccc(C(F)(F)Oc3cc(F)c(C#N)c(F)c3)cc2)c(F)c1F. The maximum Gasteiger partial charge on any atom is 0.426 e. The maximum absolute atomic E-state index is 14.4. The smallest absolute Gasteiger partial charge is 0.426 e. The Hall–Kier alpha value is -3.47. The molecule has 3 rings (SSSR count). The second-order valence-corrected chi connectivity index (χ2v) is 6.72. The summed E-state index contributed by atoms with van der Waals surface area (Å²) in [6.45, 7) is 1.83. The monoisotopic (exact) mass is 435 g/mol. The minimum Gasteiger partial charge on any atom is -0.429 e. The van der Waals surface area contributed by atoms with Crippen LogP contribution in [0.25, 0.3) is 11.1 Å². The number of nitriles is 1. The summed E-state index contributed by atoms with van der Waals surface area (Å²) in [5.74, 6) is -5.56. The van der Waals surface area contributed by atoms with E-state index in [2.05, 4.69) is 4.74 Å². The van der Waals surface area contributed by atoms with Crippen molar-refractivity contribution in [3.05, 3.63) is 88.5 Å². The Morgan fingerprint density at radius 2 is 1.52 bits per heavy atom. The number of halogens is 6. The van der Waals surface area contributed by atoms with Crippen LogP contribution in [0.2, 0.25) is 0 Å². The van der Waals surface area contributed by atoms with Crippen molar-refractivity contribution in [2.75, 3.05) is 0 Å². The number of ether oxygens (including phenoxy) is 1. The molecular formula is C23H15F6NO. The summed E-state index contributed by atoms with van der Waals surface area (Å²) in [5.41, 5.74) is -1.30. The van der Waals surface area contributed by atoms with Crippen LogP contribution in [0.4, 0.5) is 26.3 Å². The van der Waals surface area contributed by atoms with Crippen molar-refractivity contribution < 1.29 is 31.1 Å². The molecule has 0 aliphatic heterocycles. The fraction of sp³-hybridized carbons (Fsp3) is 0.174. The summed E-state index contributed by atoms with van der Waals surface area (Å²) in [6, 6.07) is 9.21. The zero-order chi connectivity index (χ0) is 22.8. The first-order valence-corrected chi connectivity index (χ1v) is 9.21. The molecule has 0 aliphatic carbocycles. The molecule has 0 saturated heterocycles. The number of rotatable bonds is 6. The Kier molecular flexibility index (Phi) is 6.25. The number of nitrogens with zero attached hydrogens (tertiary/aromatic N) is 1. The van der Waals surface area contributed by atoms with Gasteiger partial charge in [0.05, 0.1) is 5.56 Å². The Balaban J connectivity index is 1.87. The molecule has 0 amide bonds. The van der Waals surface area contributed by atoms with E-state index in [4.69, 9.17) is 5.26 Å². The summed E-state index contributed by atoms with van der Waals surface area (Å²) in [7, 11) is 0. The standard InChI is InChI=1S/C23H15F6NO/c1-2-3-14-6-9-17(22(27)21(14)26)13-4-7-15(8-5-13)23(28,29)31-16-10-19(24)18(12-30)20(25)11-16/h4-11H,2-3H2,1H3. The van der Waals surface area contributed by atoms with E-state index in [0.717, 1.165) is 24.3 Å². The molecule has 0 N–H and O–H groups in total. The number of aryl methyl sites for hydroxylation is 1. The molecule has 0 radical (unpaired) electrons. The molecule has 0 aromatic heterocycles. The van der Waals surface area contributed by atoms with Crippen molar-refractivity contribution in [3.8, 4) is 22.9 Å². The Bertz CT molecular complexity index is 1130. The normalized spacial score (nSPS) is 11.3. The number of hydrogen-bond donors (Lipinski definition) is 0. The third-order valence-corrected chi connectivity index (χ3v) is 4.59. The van der Waals surface area contributed by atoms with Gasteiger partial charge in [0.1, 0.15) is 29.0 Å². The second-order valence-electron chi connectivity index (χ2n) is 6.72. The molecule has 3 aromatic carbocycles. The van der Waals surface area contributed by atoms with Crippen LogP contribution in [0.3, 0.4) is 0 Å². The van der Waals surface area contributed by atoms with Crippen LogP contribution >= 0.6 is 0 Å². The van der Waals surface area contributed by atoms with Gasteiger partial charge in [-0.05, 0) is 29.7 Å². The average Bonchev–Trinajstić information content (AvgIpc) is 2.71. The molecule has 0 unspecified atom stereocenters.